The molecule has 0 unspecified atom stereocenters. The Bertz CT molecular complexity index is 1190. The highest BCUT2D eigenvalue weighted by molar-refractivity contribution is 7.90. The Balaban J connectivity index is 1.96. The van der Waals surface area contributed by atoms with E-state index in [0.717, 1.165) is 12.1 Å². The second kappa shape index (κ2) is 7.92. The molecule has 0 saturated carbocycles. The lowest BCUT2D eigenvalue weighted by atomic mass is 10.2. The predicted molar refractivity (Wildman–Crippen MR) is 104 cm³/mol. The molecule has 152 valence electrons. The third-order valence-corrected chi connectivity index (χ3v) is 5.87. The Morgan fingerprint density at radius 1 is 1.21 bits per heavy atom. The standard InChI is InChI=1S/C19H16ClF2N3O3S/c1-3-11-7-8-12(20)9-16(11)29(27,28)24-19(26)15-10-25(2)18(23-15)17-13(21)5-4-6-14(17)22/h4-10H,3H2,1-2H3,(H,24,26). The van der Waals surface area contributed by atoms with Crippen molar-refractivity contribution >= 4 is 27.5 Å². The van der Waals surface area contributed by atoms with Gasteiger partial charge in [0.1, 0.15) is 23.2 Å². The molecule has 29 heavy (non-hydrogen) atoms. The molecule has 6 nitrogen and oxygen atoms in total. The lowest BCUT2D eigenvalue weighted by Crippen LogP contribution is -2.31. The van der Waals surface area contributed by atoms with E-state index >= 15 is 0 Å². The molecule has 0 radical (unpaired) electrons. The molecule has 1 N–H and O–H groups in total. The zero-order chi connectivity index (χ0) is 21.3. The zero-order valence-electron chi connectivity index (χ0n) is 15.4. The van der Waals surface area contributed by atoms with Crippen LogP contribution < -0.4 is 4.72 Å². The smallest absolute Gasteiger partial charge is 0.285 e. The van der Waals surface area contributed by atoms with Gasteiger partial charge >= 0.3 is 0 Å². The molecule has 0 fully saturated rings. The van der Waals surface area contributed by atoms with Crippen molar-refractivity contribution in [3.63, 3.8) is 0 Å². The van der Waals surface area contributed by atoms with Crippen LogP contribution >= 0.6 is 11.6 Å². The number of nitrogens with one attached hydrogen (secondary N) is 1. The van der Waals surface area contributed by atoms with Crippen LogP contribution in [0.2, 0.25) is 5.02 Å². The van der Waals surface area contributed by atoms with Crippen LogP contribution in [0.1, 0.15) is 23.0 Å². The molecule has 2 aromatic carbocycles. The topological polar surface area (TPSA) is 81.1 Å². The van der Waals surface area contributed by atoms with Crippen LogP contribution in [0.3, 0.4) is 0 Å². The van der Waals surface area contributed by atoms with E-state index in [1.54, 1.807) is 19.1 Å². The molecule has 0 atom stereocenters. The van der Waals surface area contributed by atoms with Crippen molar-refractivity contribution < 1.29 is 22.0 Å². The van der Waals surface area contributed by atoms with Gasteiger partial charge in [-0.3, -0.25) is 4.79 Å². The zero-order valence-corrected chi connectivity index (χ0v) is 17.0. The number of aryl methyl sites for hydroxylation is 2. The fraction of sp³-hybridized carbons (Fsp3) is 0.158. The maximum atomic E-state index is 14.0. The highest BCUT2D eigenvalue weighted by Gasteiger charge is 2.25. The minimum atomic E-state index is -4.24. The van der Waals surface area contributed by atoms with Gasteiger partial charge in [0.25, 0.3) is 15.9 Å². The average Bonchev–Trinajstić information content (AvgIpc) is 3.03. The summed E-state index contributed by atoms with van der Waals surface area (Å²) in [5, 5.41) is 0.199. The summed E-state index contributed by atoms with van der Waals surface area (Å²) in [4.78, 5) is 16.3. The van der Waals surface area contributed by atoms with Crippen molar-refractivity contribution in [3.05, 3.63) is 70.5 Å². The second-order valence-corrected chi connectivity index (χ2v) is 8.28. The Hall–Kier alpha value is -2.78. The molecular formula is C19H16ClF2N3O3S. The van der Waals surface area contributed by atoms with Gasteiger partial charge in [0.15, 0.2) is 0 Å². The number of sulfonamides is 1. The predicted octanol–water partition coefficient (Wildman–Crippen LogP) is 3.70. The van der Waals surface area contributed by atoms with Crippen LogP contribution in [0.15, 0.2) is 47.5 Å². The van der Waals surface area contributed by atoms with Crippen molar-refractivity contribution in [2.24, 2.45) is 7.05 Å². The molecule has 1 heterocycles. The number of imidazole rings is 1. The largest absolute Gasteiger partial charge is 0.333 e. The van der Waals surface area contributed by atoms with Gasteiger partial charge in [0.05, 0.1) is 10.5 Å². The fourth-order valence-electron chi connectivity index (χ4n) is 2.82. The van der Waals surface area contributed by atoms with Gasteiger partial charge in [-0.15, -0.1) is 0 Å². The number of nitrogens with zero attached hydrogens (tertiary/aromatic N) is 2. The van der Waals surface area contributed by atoms with Crippen molar-refractivity contribution in [2.75, 3.05) is 0 Å². The van der Waals surface area contributed by atoms with E-state index in [4.69, 9.17) is 11.6 Å². The van der Waals surface area contributed by atoms with E-state index < -0.39 is 33.1 Å². The summed E-state index contributed by atoms with van der Waals surface area (Å²) in [5.74, 6) is -2.90. The SMILES string of the molecule is CCc1ccc(Cl)cc1S(=O)(=O)NC(=O)c1cn(C)c(-c2c(F)cccc2F)n1. The third-order valence-electron chi connectivity index (χ3n) is 4.22. The van der Waals surface area contributed by atoms with Gasteiger partial charge in [-0.2, -0.15) is 0 Å². The van der Waals surface area contributed by atoms with Gasteiger partial charge in [-0.1, -0.05) is 30.7 Å². The Morgan fingerprint density at radius 2 is 1.86 bits per heavy atom. The third kappa shape index (κ3) is 4.15. The summed E-state index contributed by atoms with van der Waals surface area (Å²) < 4.78 is 56.6. The molecule has 10 heteroatoms. The van der Waals surface area contributed by atoms with Crippen LogP contribution in [0.25, 0.3) is 11.4 Å². The number of hydrogen-bond acceptors (Lipinski definition) is 4. The Kier molecular flexibility index (Phi) is 5.72. The van der Waals surface area contributed by atoms with Crippen LogP contribution in [-0.4, -0.2) is 23.9 Å². The maximum absolute atomic E-state index is 14.0. The Labute approximate surface area is 171 Å². The number of carbonyl (C=O) groups excluding carboxylic acids is 1. The van der Waals surface area contributed by atoms with Crippen molar-refractivity contribution in [3.8, 4) is 11.4 Å². The molecule has 3 aromatic rings. The summed E-state index contributed by atoms with van der Waals surface area (Å²) in [6, 6.07) is 7.67. The van der Waals surface area contributed by atoms with Crippen LogP contribution in [0, 0.1) is 11.6 Å². The molecule has 0 aliphatic carbocycles. The maximum Gasteiger partial charge on any atom is 0.285 e. The van der Waals surface area contributed by atoms with Gasteiger partial charge in [-0.05, 0) is 36.2 Å². The summed E-state index contributed by atoms with van der Waals surface area (Å²) in [7, 11) is -2.80. The molecule has 0 bridgehead atoms. The minimum Gasteiger partial charge on any atom is -0.333 e. The van der Waals surface area contributed by atoms with Gasteiger partial charge < -0.3 is 4.57 Å². The first-order valence-corrected chi connectivity index (χ1v) is 10.3. The number of hydrogen-bond donors (Lipinski definition) is 1. The van der Waals surface area contributed by atoms with E-state index in [9.17, 15) is 22.0 Å². The van der Waals surface area contributed by atoms with Crippen molar-refractivity contribution in [2.45, 2.75) is 18.2 Å². The normalized spacial score (nSPS) is 11.5. The van der Waals surface area contributed by atoms with Crippen molar-refractivity contribution in [1.82, 2.24) is 14.3 Å². The molecule has 3 rings (SSSR count). The van der Waals surface area contributed by atoms with Gasteiger partial charge in [0.2, 0.25) is 0 Å². The quantitative estimate of drug-likeness (QED) is 0.657. The summed E-state index contributed by atoms with van der Waals surface area (Å²) >= 11 is 5.89. The lowest BCUT2D eigenvalue weighted by molar-refractivity contribution is 0.0977. The fourth-order valence-corrected chi connectivity index (χ4v) is 4.35. The highest BCUT2D eigenvalue weighted by atomic mass is 35.5. The summed E-state index contributed by atoms with van der Waals surface area (Å²) in [6.45, 7) is 1.76. The number of benzene rings is 2. The first kappa shape index (κ1) is 20.9. The summed E-state index contributed by atoms with van der Waals surface area (Å²) in [5.41, 5.74) is -0.251. The summed E-state index contributed by atoms with van der Waals surface area (Å²) in [6.07, 6.45) is 1.59. The van der Waals surface area contributed by atoms with Crippen LogP contribution in [0.4, 0.5) is 8.78 Å². The first-order valence-electron chi connectivity index (χ1n) is 8.47. The number of aromatic nitrogens is 2. The molecule has 0 saturated heterocycles. The molecular weight excluding hydrogens is 424 g/mol. The Morgan fingerprint density at radius 3 is 2.48 bits per heavy atom. The second-order valence-electron chi connectivity index (χ2n) is 6.20. The molecule has 1 amide bonds. The van der Waals surface area contributed by atoms with Gasteiger partial charge in [0, 0.05) is 18.3 Å². The first-order chi connectivity index (χ1) is 13.6. The van der Waals surface area contributed by atoms with Crippen LogP contribution in [-0.2, 0) is 23.5 Å². The molecule has 0 spiro atoms. The molecule has 1 aromatic heterocycles. The van der Waals surface area contributed by atoms with E-state index in [2.05, 4.69) is 4.98 Å². The van der Waals surface area contributed by atoms with E-state index in [0.29, 0.717) is 12.0 Å². The molecule has 0 aliphatic rings. The number of carbonyl (C=O) groups is 1. The number of rotatable bonds is 5. The van der Waals surface area contributed by atoms with E-state index in [1.807, 2.05) is 4.72 Å². The monoisotopic (exact) mass is 439 g/mol. The van der Waals surface area contributed by atoms with E-state index in [1.165, 1.54) is 29.9 Å². The number of amides is 1. The van der Waals surface area contributed by atoms with Gasteiger partial charge in [-0.25, -0.2) is 26.9 Å². The highest BCUT2D eigenvalue weighted by Crippen LogP contribution is 2.25. The van der Waals surface area contributed by atoms with Crippen LogP contribution in [0.5, 0.6) is 0 Å². The average molecular weight is 440 g/mol. The van der Waals surface area contributed by atoms with Crippen molar-refractivity contribution in [1.29, 1.82) is 0 Å². The van der Waals surface area contributed by atoms with E-state index in [-0.39, 0.29) is 21.4 Å². The minimum absolute atomic E-state index is 0.128. The lowest BCUT2D eigenvalue weighted by Gasteiger charge is -2.10. The number of halogens is 3. The molecule has 0 aliphatic heterocycles.